The first kappa shape index (κ1) is 15.0. The second-order valence-electron chi connectivity index (χ2n) is 4.39. The number of rotatable bonds is 4. The predicted octanol–water partition coefficient (Wildman–Crippen LogP) is 1.53. The molecule has 0 unspecified atom stereocenters. The highest BCUT2D eigenvalue weighted by atomic mass is 19.2. The Hall–Kier alpha value is -2.41. The van der Waals surface area contributed by atoms with Crippen LogP contribution in [0.5, 0.6) is 0 Å². The first-order chi connectivity index (χ1) is 9.97. The summed E-state index contributed by atoms with van der Waals surface area (Å²) in [5.74, 6) is -2.08. The fourth-order valence-corrected chi connectivity index (χ4v) is 1.70. The summed E-state index contributed by atoms with van der Waals surface area (Å²) < 4.78 is 25.9. The molecule has 2 N–H and O–H groups in total. The van der Waals surface area contributed by atoms with E-state index >= 15 is 0 Å². The van der Waals surface area contributed by atoms with Gasteiger partial charge < -0.3 is 10.4 Å². The van der Waals surface area contributed by atoms with Crippen LogP contribution in [0.2, 0.25) is 0 Å². The SMILES string of the molecule is Cc1nccc(C(=O)NC[C@H](O)c2ccc(F)c(F)c2)n1. The smallest absolute Gasteiger partial charge is 0.270 e. The Bertz CT molecular complexity index is 664. The minimum Gasteiger partial charge on any atom is -0.387 e. The zero-order valence-electron chi connectivity index (χ0n) is 11.2. The van der Waals surface area contributed by atoms with Crippen LogP contribution in [0.25, 0.3) is 0 Å². The average Bonchev–Trinajstić information content (AvgIpc) is 2.47. The number of aliphatic hydroxyl groups is 1. The minimum absolute atomic E-state index is 0.146. The standard InChI is InChI=1S/C14H13F2N3O2/c1-8-17-5-4-12(19-8)14(21)18-7-13(20)9-2-3-10(15)11(16)6-9/h2-6,13,20H,7H2,1H3,(H,18,21)/t13-/m0/s1. The molecule has 0 saturated carbocycles. The lowest BCUT2D eigenvalue weighted by Crippen LogP contribution is -2.29. The van der Waals surface area contributed by atoms with Gasteiger partial charge in [-0.25, -0.2) is 18.7 Å². The molecule has 0 aliphatic rings. The molecule has 21 heavy (non-hydrogen) atoms. The Balaban J connectivity index is 1.99. The molecule has 0 saturated heterocycles. The molecule has 2 aromatic rings. The van der Waals surface area contributed by atoms with Gasteiger partial charge in [-0.1, -0.05) is 6.07 Å². The van der Waals surface area contributed by atoms with Crippen molar-refractivity contribution in [2.24, 2.45) is 0 Å². The van der Waals surface area contributed by atoms with Crippen molar-refractivity contribution in [2.45, 2.75) is 13.0 Å². The molecule has 1 aromatic heterocycles. The molecule has 1 heterocycles. The zero-order chi connectivity index (χ0) is 15.4. The summed E-state index contributed by atoms with van der Waals surface area (Å²) >= 11 is 0. The van der Waals surface area contributed by atoms with Crippen molar-refractivity contribution in [3.63, 3.8) is 0 Å². The summed E-state index contributed by atoms with van der Waals surface area (Å²) in [5.41, 5.74) is 0.341. The number of nitrogens with zero attached hydrogens (tertiary/aromatic N) is 2. The van der Waals surface area contributed by atoms with Crippen LogP contribution < -0.4 is 5.32 Å². The molecule has 5 nitrogen and oxygen atoms in total. The summed E-state index contributed by atoms with van der Waals surface area (Å²) in [7, 11) is 0. The zero-order valence-corrected chi connectivity index (χ0v) is 11.2. The number of hydrogen-bond acceptors (Lipinski definition) is 4. The monoisotopic (exact) mass is 293 g/mol. The molecule has 2 rings (SSSR count). The van der Waals surface area contributed by atoms with Crippen LogP contribution >= 0.6 is 0 Å². The van der Waals surface area contributed by atoms with E-state index in [4.69, 9.17) is 0 Å². The topological polar surface area (TPSA) is 75.1 Å². The molecular formula is C14H13F2N3O2. The maximum atomic E-state index is 13.1. The van der Waals surface area contributed by atoms with Gasteiger partial charge in [-0.3, -0.25) is 4.79 Å². The molecule has 0 spiro atoms. The third-order valence-electron chi connectivity index (χ3n) is 2.79. The van der Waals surface area contributed by atoms with Crippen LogP contribution in [-0.4, -0.2) is 27.5 Å². The third kappa shape index (κ3) is 3.79. The molecule has 1 amide bonds. The number of carbonyl (C=O) groups excluding carboxylic acids is 1. The lowest BCUT2D eigenvalue weighted by atomic mass is 10.1. The van der Waals surface area contributed by atoms with Gasteiger partial charge in [0.25, 0.3) is 5.91 Å². The summed E-state index contributed by atoms with van der Waals surface area (Å²) in [4.78, 5) is 19.6. The second-order valence-corrected chi connectivity index (χ2v) is 4.39. The van der Waals surface area contributed by atoms with Crippen molar-refractivity contribution in [1.82, 2.24) is 15.3 Å². The Morgan fingerprint density at radius 1 is 1.33 bits per heavy atom. The molecule has 1 atom stereocenters. The van der Waals surface area contributed by atoms with Gasteiger partial charge >= 0.3 is 0 Å². The lowest BCUT2D eigenvalue weighted by Gasteiger charge is -2.12. The highest BCUT2D eigenvalue weighted by Crippen LogP contribution is 2.15. The van der Waals surface area contributed by atoms with Crippen molar-refractivity contribution in [3.8, 4) is 0 Å². The van der Waals surface area contributed by atoms with Gasteiger partial charge in [-0.05, 0) is 30.7 Å². The van der Waals surface area contributed by atoms with Gasteiger partial charge in [-0.15, -0.1) is 0 Å². The van der Waals surface area contributed by atoms with Gasteiger partial charge in [0.1, 0.15) is 11.5 Å². The number of aromatic nitrogens is 2. The number of amides is 1. The van der Waals surface area contributed by atoms with E-state index < -0.39 is 23.6 Å². The van der Waals surface area contributed by atoms with Gasteiger partial charge in [0, 0.05) is 12.7 Å². The van der Waals surface area contributed by atoms with Crippen molar-refractivity contribution in [2.75, 3.05) is 6.54 Å². The summed E-state index contributed by atoms with van der Waals surface area (Å²) in [6.07, 6.45) is 0.301. The first-order valence-electron chi connectivity index (χ1n) is 6.18. The third-order valence-corrected chi connectivity index (χ3v) is 2.79. The van der Waals surface area contributed by atoms with Crippen LogP contribution in [0.3, 0.4) is 0 Å². The molecular weight excluding hydrogens is 280 g/mol. The van der Waals surface area contributed by atoms with E-state index in [1.165, 1.54) is 18.3 Å². The van der Waals surface area contributed by atoms with E-state index in [0.717, 1.165) is 12.1 Å². The predicted molar refractivity (Wildman–Crippen MR) is 70.4 cm³/mol. The van der Waals surface area contributed by atoms with Crippen LogP contribution in [0.15, 0.2) is 30.5 Å². The maximum absolute atomic E-state index is 13.1. The van der Waals surface area contributed by atoms with E-state index in [9.17, 15) is 18.7 Å². The number of halogens is 2. The summed E-state index contributed by atoms with van der Waals surface area (Å²) in [5, 5.41) is 12.3. The van der Waals surface area contributed by atoms with Crippen LogP contribution in [-0.2, 0) is 0 Å². The van der Waals surface area contributed by atoms with Crippen LogP contribution in [0.1, 0.15) is 28.0 Å². The van der Waals surface area contributed by atoms with Crippen molar-refractivity contribution < 1.29 is 18.7 Å². The van der Waals surface area contributed by atoms with Crippen LogP contribution in [0.4, 0.5) is 8.78 Å². The molecule has 0 aliphatic heterocycles. The maximum Gasteiger partial charge on any atom is 0.270 e. The fourth-order valence-electron chi connectivity index (χ4n) is 1.70. The number of aryl methyl sites for hydroxylation is 1. The summed E-state index contributed by atoms with van der Waals surface area (Å²) in [6.45, 7) is 1.50. The molecule has 0 bridgehead atoms. The van der Waals surface area contributed by atoms with Crippen LogP contribution in [0, 0.1) is 18.6 Å². The molecule has 0 aliphatic carbocycles. The van der Waals surface area contributed by atoms with Gasteiger partial charge in [-0.2, -0.15) is 0 Å². The van der Waals surface area contributed by atoms with E-state index in [2.05, 4.69) is 15.3 Å². The molecule has 0 fully saturated rings. The highest BCUT2D eigenvalue weighted by molar-refractivity contribution is 5.92. The Labute approximate surface area is 119 Å². The van der Waals surface area contributed by atoms with Crippen molar-refractivity contribution in [3.05, 3.63) is 59.2 Å². The Kier molecular flexibility index (Phi) is 4.54. The largest absolute Gasteiger partial charge is 0.387 e. The molecule has 1 aromatic carbocycles. The number of hydrogen-bond donors (Lipinski definition) is 2. The highest BCUT2D eigenvalue weighted by Gasteiger charge is 2.13. The number of nitrogens with one attached hydrogen (secondary N) is 1. The minimum atomic E-state index is -1.15. The average molecular weight is 293 g/mol. The number of carbonyl (C=O) groups is 1. The first-order valence-corrected chi connectivity index (χ1v) is 6.18. The fraction of sp³-hybridized carbons (Fsp3) is 0.214. The second kappa shape index (κ2) is 6.36. The lowest BCUT2D eigenvalue weighted by molar-refractivity contribution is 0.0910. The Morgan fingerprint density at radius 2 is 2.10 bits per heavy atom. The van der Waals surface area contributed by atoms with E-state index in [1.54, 1.807) is 6.92 Å². The van der Waals surface area contributed by atoms with Gasteiger partial charge in [0.15, 0.2) is 11.6 Å². The van der Waals surface area contributed by atoms with Gasteiger partial charge in [0.05, 0.1) is 6.10 Å². The number of aliphatic hydroxyl groups excluding tert-OH is 1. The summed E-state index contributed by atoms with van der Waals surface area (Å²) in [6, 6.07) is 4.50. The van der Waals surface area contributed by atoms with Crippen molar-refractivity contribution >= 4 is 5.91 Å². The molecule has 7 heteroatoms. The Morgan fingerprint density at radius 3 is 2.76 bits per heavy atom. The number of benzene rings is 1. The molecule has 0 radical (unpaired) electrons. The van der Waals surface area contributed by atoms with Crippen molar-refractivity contribution in [1.29, 1.82) is 0 Å². The van der Waals surface area contributed by atoms with Gasteiger partial charge in [0.2, 0.25) is 0 Å². The van der Waals surface area contributed by atoms with E-state index in [-0.39, 0.29) is 17.8 Å². The normalized spacial score (nSPS) is 12.0. The molecule has 110 valence electrons. The van der Waals surface area contributed by atoms with E-state index in [1.807, 2.05) is 0 Å². The van der Waals surface area contributed by atoms with E-state index in [0.29, 0.717) is 5.82 Å². The quantitative estimate of drug-likeness (QED) is 0.896.